The molecule has 0 aliphatic carbocycles. The molecule has 0 unspecified atom stereocenters. The lowest BCUT2D eigenvalue weighted by molar-refractivity contribution is 0.588. The van der Waals surface area contributed by atoms with E-state index in [0.29, 0.717) is 22.7 Å². The third-order valence-electron chi connectivity index (χ3n) is 3.98. The SMILES string of the molecule is CCc1ccc(Cl)cc1-c1c(C#N)ccn1S(=O)(=O)c1ccccc1. The Kier molecular flexibility index (Phi) is 4.67. The van der Waals surface area contributed by atoms with Crippen LogP contribution in [0.1, 0.15) is 18.1 Å². The van der Waals surface area contributed by atoms with Crippen LogP contribution in [0.25, 0.3) is 11.3 Å². The second-order valence-corrected chi connectivity index (χ2v) is 7.71. The number of halogens is 1. The maximum Gasteiger partial charge on any atom is 0.268 e. The van der Waals surface area contributed by atoms with Crippen LogP contribution in [0.2, 0.25) is 5.02 Å². The van der Waals surface area contributed by atoms with Gasteiger partial charge in [-0.3, -0.25) is 0 Å². The van der Waals surface area contributed by atoms with Crippen LogP contribution >= 0.6 is 11.6 Å². The summed E-state index contributed by atoms with van der Waals surface area (Å²) in [7, 11) is -3.82. The number of aryl methyl sites for hydroxylation is 1. The number of hydrogen-bond donors (Lipinski definition) is 0. The molecule has 0 bridgehead atoms. The lowest BCUT2D eigenvalue weighted by atomic mass is 10.0. The van der Waals surface area contributed by atoms with E-state index >= 15 is 0 Å². The molecular formula is C19H15ClN2O2S. The zero-order valence-corrected chi connectivity index (χ0v) is 15.1. The summed E-state index contributed by atoms with van der Waals surface area (Å²) in [4.78, 5) is 0.163. The fourth-order valence-corrected chi connectivity index (χ4v) is 4.31. The Morgan fingerprint density at radius 1 is 1.12 bits per heavy atom. The molecule has 0 radical (unpaired) electrons. The Hall–Kier alpha value is -2.55. The Balaban J connectivity index is 2.32. The van der Waals surface area contributed by atoms with E-state index in [1.807, 2.05) is 13.0 Å². The van der Waals surface area contributed by atoms with Crippen LogP contribution < -0.4 is 0 Å². The smallest absolute Gasteiger partial charge is 0.240 e. The summed E-state index contributed by atoms with van der Waals surface area (Å²) >= 11 is 6.13. The van der Waals surface area contributed by atoms with Gasteiger partial charge in [-0.2, -0.15) is 5.26 Å². The first-order valence-electron chi connectivity index (χ1n) is 7.70. The zero-order chi connectivity index (χ0) is 18.0. The quantitative estimate of drug-likeness (QED) is 0.680. The molecule has 0 aliphatic heterocycles. The van der Waals surface area contributed by atoms with Crippen molar-refractivity contribution in [1.29, 1.82) is 5.26 Å². The van der Waals surface area contributed by atoms with Gasteiger partial charge in [0.15, 0.2) is 0 Å². The molecule has 0 N–H and O–H groups in total. The summed E-state index contributed by atoms with van der Waals surface area (Å²) in [5, 5.41) is 9.96. The van der Waals surface area contributed by atoms with Crippen molar-refractivity contribution in [2.24, 2.45) is 0 Å². The number of rotatable bonds is 4. The van der Waals surface area contributed by atoms with Crippen molar-refractivity contribution in [3.05, 3.63) is 76.9 Å². The van der Waals surface area contributed by atoms with E-state index in [1.165, 1.54) is 24.4 Å². The Morgan fingerprint density at radius 3 is 2.48 bits per heavy atom. The maximum absolute atomic E-state index is 13.1. The molecule has 0 saturated heterocycles. The maximum atomic E-state index is 13.1. The predicted molar refractivity (Wildman–Crippen MR) is 98.0 cm³/mol. The van der Waals surface area contributed by atoms with Gasteiger partial charge in [-0.05, 0) is 42.3 Å². The molecule has 1 heterocycles. The van der Waals surface area contributed by atoms with Crippen LogP contribution in [0.5, 0.6) is 0 Å². The molecule has 6 heteroatoms. The molecule has 0 saturated carbocycles. The molecule has 4 nitrogen and oxygen atoms in total. The van der Waals surface area contributed by atoms with Gasteiger partial charge in [0, 0.05) is 16.8 Å². The Morgan fingerprint density at radius 2 is 1.84 bits per heavy atom. The summed E-state index contributed by atoms with van der Waals surface area (Å²) in [6.45, 7) is 1.97. The van der Waals surface area contributed by atoms with E-state index in [0.717, 1.165) is 9.54 Å². The van der Waals surface area contributed by atoms with Crippen LogP contribution in [-0.4, -0.2) is 12.4 Å². The molecule has 25 heavy (non-hydrogen) atoms. The van der Waals surface area contributed by atoms with Crippen molar-refractivity contribution in [2.45, 2.75) is 18.2 Å². The number of hydrogen-bond acceptors (Lipinski definition) is 3. The van der Waals surface area contributed by atoms with Crippen LogP contribution in [-0.2, 0) is 16.4 Å². The molecule has 0 aliphatic rings. The van der Waals surface area contributed by atoms with E-state index in [-0.39, 0.29) is 10.5 Å². The standard InChI is InChI=1S/C19H15ClN2O2S/c1-2-14-8-9-16(20)12-18(14)19-15(13-21)10-11-22(19)25(23,24)17-6-4-3-5-7-17/h3-12H,2H2,1H3. The van der Waals surface area contributed by atoms with Gasteiger partial charge in [0.05, 0.1) is 16.2 Å². The van der Waals surface area contributed by atoms with Crippen molar-refractivity contribution in [2.75, 3.05) is 0 Å². The monoisotopic (exact) mass is 370 g/mol. The van der Waals surface area contributed by atoms with Crippen molar-refractivity contribution in [3.8, 4) is 17.3 Å². The third-order valence-corrected chi connectivity index (χ3v) is 5.91. The second kappa shape index (κ2) is 6.75. The van der Waals surface area contributed by atoms with Gasteiger partial charge >= 0.3 is 0 Å². The lowest BCUT2D eigenvalue weighted by Crippen LogP contribution is -2.14. The summed E-state index contributed by atoms with van der Waals surface area (Å²) in [5.41, 5.74) is 2.20. The summed E-state index contributed by atoms with van der Waals surface area (Å²) in [5.74, 6) is 0. The lowest BCUT2D eigenvalue weighted by Gasteiger charge is -2.14. The number of aromatic nitrogens is 1. The third kappa shape index (κ3) is 3.07. The molecule has 3 rings (SSSR count). The highest BCUT2D eigenvalue weighted by molar-refractivity contribution is 7.90. The van der Waals surface area contributed by atoms with Crippen molar-refractivity contribution < 1.29 is 8.42 Å². The topological polar surface area (TPSA) is 62.9 Å². The summed E-state index contributed by atoms with van der Waals surface area (Å²) < 4.78 is 27.3. The minimum Gasteiger partial charge on any atom is -0.240 e. The second-order valence-electron chi connectivity index (χ2n) is 5.46. The van der Waals surface area contributed by atoms with Crippen molar-refractivity contribution >= 4 is 21.6 Å². The van der Waals surface area contributed by atoms with Gasteiger partial charge in [0.1, 0.15) is 6.07 Å². The van der Waals surface area contributed by atoms with Gasteiger partial charge in [-0.1, -0.05) is 42.8 Å². The van der Waals surface area contributed by atoms with Gasteiger partial charge in [0.2, 0.25) is 0 Å². The van der Waals surface area contributed by atoms with E-state index in [1.54, 1.807) is 30.3 Å². The highest BCUT2D eigenvalue weighted by Gasteiger charge is 2.24. The molecular weight excluding hydrogens is 356 g/mol. The fraction of sp³-hybridized carbons (Fsp3) is 0.105. The first-order chi connectivity index (χ1) is 12.0. The minimum atomic E-state index is -3.82. The van der Waals surface area contributed by atoms with Crippen LogP contribution in [0.3, 0.4) is 0 Å². The van der Waals surface area contributed by atoms with Gasteiger partial charge in [-0.15, -0.1) is 0 Å². The van der Waals surface area contributed by atoms with E-state index in [2.05, 4.69) is 6.07 Å². The first-order valence-corrected chi connectivity index (χ1v) is 9.51. The minimum absolute atomic E-state index is 0.163. The normalized spacial score (nSPS) is 11.2. The summed E-state index contributed by atoms with van der Waals surface area (Å²) in [6.07, 6.45) is 2.10. The van der Waals surface area contributed by atoms with Crippen molar-refractivity contribution in [3.63, 3.8) is 0 Å². The van der Waals surface area contributed by atoms with E-state index in [4.69, 9.17) is 11.6 Å². The number of benzene rings is 2. The van der Waals surface area contributed by atoms with Crippen LogP contribution in [0.15, 0.2) is 65.7 Å². The van der Waals surface area contributed by atoms with Crippen LogP contribution in [0, 0.1) is 11.3 Å². The zero-order valence-electron chi connectivity index (χ0n) is 13.5. The number of nitriles is 1. The molecule has 0 fully saturated rings. The van der Waals surface area contributed by atoms with Crippen molar-refractivity contribution in [1.82, 2.24) is 3.97 Å². The first kappa shape index (κ1) is 17.3. The van der Waals surface area contributed by atoms with E-state index in [9.17, 15) is 13.7 Å². The molecule has 0 atom stereocenters. The summed E-state index contributed by atoms with van der Waals surface area (Å²) in [6, 6.07) is 17.0. The largest absolute Gasteiger partial charge is 0.268 e. The molecule has 1 aromatic heterocycles. The predicted octanol–water partition coefficient (Wildman–Crippen LogP) is 4.48. The highest BCUT2D eigenvalue weighted by Crippen LogP contribution is 2.33. The average Bonchev–Trinajstić information content (AvgIpc) is 3.07. The molecule has 126 valence electrons. The van der Waals surface area contributed by atoms with Crippen LogP contribution in [0.4, 0.5) is 0 Å². The highest BCUT2D eigenvalue weighted by atomic mass is 35.5. The Bertz CT molecular complexity index is 1060. The Labute approximate surface area is 152 Å². The number of nitrogens with zero attached hydrogens (tertiary/aromatic N) is 2. The van der Waals surface area contributed by atoms with Gasteiger partial charge in [0.25, 0.3) is 10.0 Å². The molecule has 0 amide bonds. The van der Waals surface area contributed by atoms with Gasteiger partial charge in [-0.25, -0.2) is 12.4 Å². The molecule has 2 aromatic carbocycles. The molecule has 3 aromatic rings. The molecule has 0 spiro atoms. The van der Waals surface area contributed by atoms with E-state index < -0.39 is 10.0 Å². The average molecular weight is 371 g/mol. The van der Waals surface area contributed by atoms with Gasteiger partial charge < -0.3 is 0 Å². The fourth-order valence-electron chi connectivity index (χ4n) is 2.75.